The molecule has 0 aromatic heterocycles. The molecule has 1 aromatic rings. The highest BCUT2D eigenvalue weighted by molar-refractivity contribution is 7.86. The monoisotopic (exact) mass is 475 g/mol. The van der Waals surface area contributed by atoms with Gasteiger partial charge in [-0.15, -0.1) is 0 Å². The van der Waals surface area contributed by atoms with E-state index in [1.807, 2.05) is 0 Å². The highest BCUT2D eigenvalue weighted by atomic mass is 32.2. The number of thiocarbonyl (C=S) groups is 1. The highest BCUT2D eigenvalue weighted by Gasteiger charge is 2.42. The van der Waals surface area contributed by atoms with Crippen molar-refractivity contribution in [3.05, 3.63) is 39.9 Å². The van der Waals surface area contributed by atoms with Gasteiger partial charge in [-0.3, -0.25) is 34.8 Å². The summed E-state index contributed by atoms with van der Waals surface area (Å²) in [5, 5.41) is 13.4. The number of carbonyl (C=O) groups excluding carboxylic acids is 2. The fourth-order valence-corrected chi connectivity index (χ4v) is 3.46. The number of hydrogen-bond donors (Lipinski definition) is 3. The molecule has 13 nitrogen and oxygen atoms in total. The van der Waals surface area contributed by atoms with Crippen LogP contribution in [0.2, 0.25) is 0 Å². The number of amides is 2. The van der Waals surface area contributed by atoms with Crippen LogP contribution in [0.25, 0.3) is 0 Å². The Morgan fingerprint density at radius 1 is 1.29 bits per heavy atom. The molecule has 1 saturated heterocycles. The third kappa shape index (κ3) is 7.30. The van der Waals surface area contributed by atoms with E-state index in [9.17, 15) is 28.1 Å². The number of nitrogens with zero attached hydrogens (tertiary/aromatic N) is 2. The predicted molar refractivity (Wildman–Crippen MR) is 111 cm³/mol. The summed E-state index contributed by atoms with van der Waals surface area (Å²) in [6, 6.07) is 4.31. The van der Waals surface area contributed by atoms with Crippen molar-refractivity contribution < 1.29 is 31.9 Å². The SMILES string of the molecule is CNC(=S)NNC(=O)[C@@H]1C[C@@H](OS(C)(=O)=O)CN1C(=O)OCc1ccc([N+](=O)[O-])cc1. The molecule has 0 bridgehead atoms. The molecule has 0 spiro atoms. The van der Waals surface area contributed by atoms with E-state index in [4.69, 9.17) is 21.1 Å². The molecule has 0 radical (unpaired) electrons. The van der Waals surface area contributed by atoms with Gasteiger partial charge in [-0.2, -0.15) is 8.42 Å². The summed E-state index contributed by atoms with van der Waals surface area (Å²) in [7, 11) is -2.28. The first-order valence-electron chi connectivity index (χ1n) is 8.82. The van der Waals surface area contributed by atoms with Gasteiger partial charge in [-0.05, 0) is 29.9 Å². The van der Waals surface area contributed by atoms with Crippen molar-refractivity contribution in [1.29, 1.82) is 0 Å². The van der Waals surface area contributed by atoms with Gasteiger partial charge in [0.15, 0.2) is 5.11 Å². The van der Waals surface area contributed by atoms with Gasteiger partial charge in [-0.1, -0.05) is 0 Å². The first-order chi connectivity index (χ1) is 14.5. The summed E-state index contributed by atoms with van der Waals surface area (Å²) in [5.41, 5.74) is 5.13. The van der Waals surface area contributed by atoms with Crippen LogP contribution < -0.4 is 16.2 Å². The lowest BCUT2D eigenvalue weighted by Gasteiger charge is -2.23. The molecule has 31 heavy (non-hydrogen) atoms. The van der Waals surface area contributed by atoms with Crippen LogP contribution in [0.1, 0.15) is 12.0 Å². The average molecular weight is 476 g/mol. The number of benzene rings is 1. The Hall–Kier alpha value is -3.04. The molecule has 0 saturated carbocycles. The lowest BCUT2D eigenvalue weighted by atomic mass is 10.2. The van der Waals surface area contributed by atoms with Crippen molar-refractivity contribution in [2.24, 2.45) is 0 Å². The minimum atomic E-state index is -3.81. The van der Waals surface area contributed by atoms with Gasteiger partial charge in [0, 0.05) is 25.6 Å². The molecule has 0 unspecified atom stereocenters. The van der Waals surface area contributed by atoms with Crippen molar-refractivity contribution >= 4 is 45.1 Å². The first kappa shape index (κ1) is 24.2. The molecule has 2 amide bonds. The van der Waals surface area contributed by atoms with Gasteiger partial charge >= 0.3 is 6.09 Å². The van der Waals surface area contributed by atoms with E-state index in [0.717, 1.165) is 11.2 Å². The second kappa shape index (κ2) is 10.3. The summed E-state index contributed by atoms with van der Waals surface area (Å²) < 4.78 is 33.0. The lowest BCUT2D eigenvalue weighted by Crippen LogP contribution is -2.53. The number of nitrogens with one attached hydrogen (secondary N) is 3. The summed E-state index contributed by atoms with van der Waals surface area (Å²) in [4.78, 5) is 36.2. The molecule has 170 valence electrons. The van der Waals surface area contributed by atoms with E-state index in [-0.39, 0.29) is 30.4 Å². The Kier molecular flexibility index (Phi) is 8.07. The Morgan fingerprint density at radius 3 is 2.48 bits per heavy atom. The third-order valence-electron chi connectivity index (χ3n) is 4.15. The number of hydrazine groups is 1. The van der Waals surface area contributed by atoms with Gasteiger partial charge in [0.25, 0.3) is 21.7 Å². The number of nitro benzene ring substituents is 1. The molecule has 15 heteroatoms. The number of carbonyl (C=O) groups is 2. The van der Waals surface area contributed by atoms with Crippen LogP contribution in [0.3, 0.4) is 0 Å². The van der Waals surface area contributed by atoms with Gasteiger partial charge in [0.2, 0.25) is 0 Å². The van der Waals surface area contributed by atoms with Crippen LogP contribution in [0.4, 0.5) is 10.5 Å². The summed E-state index contributed by atoms with van der Waals surface area (Å²) in [5.74, 6) is -0.649. The zero-order valence-electron chi connectivity index (χ0n) is 16.6. The van der Waals surface area contributed by atoms with Crippen molar-refractivity contribution in [2.75, 3.05) is 19.8 Å². The molecule has 1 fully saturated rings. The van der Waals surface area contributed by atoms with Gasteiger partial charge in [0.05, 0.1) is 23.8 Å². The second-order valence-corrected chi connectivity index (χ2v) is 8.51. The molecule has 1 heterocycles. The van der Waals surface area contributed by atoms with Crippen molar-refractivity contribution in [3.63, 3.8) is 0 Å². The second-order valence-electron chi connectivity index (χ2n) is 6.50. The van der Waals surface area contributed by atoms with Crippen molar-refractivity contribution in [3.8, 4) is 0 Å². The first-order valence-corrected chi connectivity index (χ1v) is 11.0. The summed E-state index contributed by atoms with van der Waals surface area (Å²) >= 11 is 4.86. The van der Waals surface area contributed by atoms with E-state index < -0.39 is 39.2 Å². The zero-order valence-corrected chi connectivity index (χ0v) is 18.2. The Bertz CT molecular complexity index is 953. The standard InChI is InChI=1S/C16H21N5O8S2/c1-17-15(30)19-18-14(22)13-7-12(29-31(2,26)27)8-20(13)16(23)28-9-10-3-5-11(6-4-10)21(24)25/h3-6,12-13H,7-9H2,1-2H3,(H,18,22)(H2,17,19,30)/t12-,13+/m1/s1. The third-order valence-corrected chi connectivity index (χ3v) is 5.07. The fourth-order valence-electron chi connectivity index (χ4n) is 2.77. The number of nitro groups is 1. The van der Waals surface area contributed by atoms with Crippen molar-refractivity contribution in [1.82, 2.24) is 21.1 Å². The minimum Gasteiger partial charge on any atom is -0.445 e. The number of hydrogen-bond acceptors (Lipinski definition) is 9. The molecule has 3 N–H and O–H groups in total. The maximum absolute atomic E-state index is 12.6. The van der Waals surface area contributed by atoms with E-state index in [1.165, 1.54) is 31.3 Å². The van der Waals surface area contributed by atoms with Crippen LogP contribution in [-0.2, 0) is 30.4 Å². The van der Waals surface area contributed by atoms with E-state index in [1.54, 1.807) is 0 Å². The van der Waals surface area contributed by atoms with Crippen LogP contribution in [0, 0.1) is 10.1 Å². The van der Waals surface area contributed by atoms with E-state index in [0.29, 0.717) is 5.56 Å². The molecular weight excluding hydrogens is 454 g/mol. The average Bonchev–Trinajstić information content (AvgIpc) is 3.12. The summed E-state index contributed by atoms with van der Waals surface area (Å²) in [6.45, 7) is -0.401. The molecule has 1 aliphatic rings. The Morgan fingerprint density at radius 2 is 1.94 bits per heavy atom. The molecular formula is C16H21N5O8S2. The number of rotatable bonds is 6. The maximum atomic E-state index is 12.6. The number of likely N-dealkylation sites (tertiary alicyclic amines) is 1. The smallest absolute Gasteiger partial charge is 0.410 e. The normalized spacial score (nSPS) is 18.2. The largest absolute Gasteiger partial charge is 0.445 e. The van der Waals surface area contributed by atoms with Crippen LogP contribution >= 0.6 is 12.2 Å². The maximum Gasteiger partial charge on any atom is 0.410 e. The lowest BCUT2D eigenvalue weighted by molar-refractivity contribution is -0.384. The highest BCUT2D eigenvalue weighted by Crippen LogP contribution is 2.23. The van der Waals surface area contributed by atoms with Gasteiger partial charge in [0.1, 0.15) is 12.6 Å². The molecule has 2 rings (SSSR count). The topological polar surface area (TPSA) is 169 Å². The van der Waals surface area contributed by atoms with Crippen LogP contribution in [0.5, 0.6) is 0 Å². The zero-order chi connectivity index (χ0) is 23.2. The quantitative estimate of drug-likeness (QED) is 0.215. The molecule has 2 atom stereocenters. The number of ether oxygens (including phenoxy) is 1. The number of non-ortho nitro benzene ring substituents is 1. The molecule has 0 aliphatic carbocycles. The van der Waals surface area contributed by atoms with E-state index in [2.05, 4.69) is 16.2 Å². The minimum absolute atomic E-state index is 0.0838. The van der Waals surface area contributed by atoms with Gasteiger partial charge in [-0.25, -0.2) is 4.79 Å². The molecule has 1 aromatic carbocycles. The van der Waals surface area contributed by atoms with Gasteiger partial charge < -0.3 is 10.1 Å². The van der Waals surface area contributed by atoms with Crippen LogP contribution in [-0.4, -0.2) is 67.3 Å². The Labute approximate surface area is 183 Å². The summed E-state index contributed by atoms with van der Waals surface area (Å²) in [6.07, 6.45) is -1.03. The van der Waals surface area contributed by atoms with Crippen molar-refractivity contribution in [2.45, 2.75) is 25.2 Å². The fraction of sp³-hybridized carbons (Fsp3) is 0.438. The van der Waals surface area contributed by atoms with E-state index >= 15 is 0 Å². The molecule has 1 aliphatic heterocycles. The predicted octanol–water partition coefficient (Wildman–Crippen LogP) is -0.224. The van der Waals surface area contributed by atoms with Crippen LogP contribution in [0.15, 0.2) is 24.3 Å². The Balaban J connectivity index is 2.06.